The van der Waals surface area contributed by atoms with E-state index < -0.39 is 0 Å². The number of nitrogens with zero attached hydrogens (tertiary/aromatic N) is 4. The summed E-state index contributed by atoms with van der Waals surface area (Å²) in [6, 6.07) is 13.9. The minimum absolute atomic E-state index is 0.147. The number of benzene rings is 4. The topological polar surface area (TPSA) is 149 Å². The maximum atomic E-state index is 13.4. The number of carbonyl (C=O) groups excluding carboxylic acids is 4. The number of hydrogen-bond donors (Lipinski definition) is 4. The third-order valence-electron chi connectivity index (χ3n) is 10.8. The summed E-state index contributed by atoms with van der Waals surface area (Å²) in [4.78, 5) is 56.2. The molecule has 0 fully saturated rings. The number of nitrogens with one attached hydrogen (secondary N) is 2. The van der Waals surface area contributed by atoms with Crippen molar-refractivity contribution < 1.29 is 29.4 Å². The number of amides is 4. The lowest BCUT2D eigenvalue weighted by Gasteiger charge is -2.15. The minimum atomic E-state index is -0.292. The van der Waals surface area contributed by atoms with Crippen LogP contribution in [0.3, 0.4) is 0 Å². The van der Waals surface area contributed by atoms with Gasteiger partial charge in [-0.3, -0.25) is 29.0 Å². The monoisotopic (exact) mass is 700 g/mol. The van der Waals surface area contributed by atoms with Gasteiger partial charge in [0.25, 0.3) is 23.6 Å². The Morgan fingerprint density at radius 2 is 0.942 bits per heavy atom. The Bertz CT molecular complexity index is 2370. The van der Waals surface area contributed by atoms with Gasteiger partial charge < -0.3 is 30.0 Å². The summed E-state index contributed by atoms with van der Waals surface area (Å²) >= 11 is 0. The van der Waals surface area contributed by atoms with Gasteiger partial charge in [-0.1, -0.05) is 0 Å². The molecule has 266 valence electrons. The van der Waals surface area contributed by atoms with Crippen LogP contribution < -0.4 is 10.6 Å². The molecule has 4 heterocycles. The Morgan fingerprint density at radius 3 is 1.35 bits per heavy atom. The zero-order chi connectivity index (χ0) is 36.6. The fourth-order valence-electron chi connectivity index (χ4n) is 8.39. The highest BCUT2D eigenvalue weighted by atomic mass is 16.3. The van der Waals surface area contributed by atoms with Crippen molar-refractivity contribution in [3.8, 4) is 11.5 Å². The predicted octanol–water partition coefficient (Wildman–Crippen LogP) is 4.86. The first kappa shape index (κ1) is 33.4. The molecule has 12 heteroatoms. The molecule has 2 aliphatic heterocycles. The number of imide groups is 2. The second-order valence-corrected chi connectivity index (χ2v) is 13.9. The largest absolute Gasteiger partial charge is 0.508 e. The van der Waals surface area contributed by atoms with Crippen LogP contribution in [-0.2, 0) is 14.1 Å². The van der Waals surface area contributed by atoms with Gasteiger partial charge in [-0.25, -0.2) is 0 Å². The quantitative estimate of drug-likeness (QED) is 0.111. The summed E-state index contributed by atoms with van der Waals surface area (Å²) in [5, 5.41) is 30.2. The first-order valence-electron chi connectivity index (χ1n) is 17.6. The molecular formula is C40H40N6O6. The van der Waals surface area contributed by atoms with Crippen LogP contribution in [0.1, 0.15) is 65.4 Å². The Labute approximate surface area is 299 Å². The highest BCUT2D eigenvalue weighted by molar-refractivity contribution is 6.27. The first-order valence-corrected chi connectivity index (χ1v) is 17.6. The van der Waals surface area contributed by atoms with E-state index >= 15 is 0 Å². The van der Waals surface area contributed by atoms with Crippen molar-refractivity contribution in [1.29, 1.82) is 0 Å². The van der Waals surface area contributed by atoms with Gasteiger partial charge in [-0.05, 0) is 99.4 Å². The standard InChI is InChI=1S/C40H40N6O6/c1-21-33-29(19-27-25-17-23(47)7-9-31(25)43(3)35(21)27)37(49)45(39(33)51)15-5-11-41-13-14-42-12-6-16-46-38(50)30-20-28-26-18-24(48)8-10-32(26)44(4)36(28)22(2)34(30)40(46)52/h7-10,17-20,41-42,47-48H,5-6,11-16H2,1-4H3. The number of aromatic hydroxyl groups is 2. The Hall–Kier alpha value is -5.72. The number of fused-ring (bicyclic) bond motifs is 8. The summed E-state index contributed by atoms with van der Waals surface area (Å²) in [5.74, 6) is -0.839. The normalized spacial score (nSPS) is 14.4. The summed E-state index contributed by atoms with van der Waals surface area (Å²) in [6.07, 6.45) is 1.21. The second kappa shape index (κ2) is 12.5. The molecule has 52 heavy (non-hydrogen) atoms. The van der Waals surface area contributed by atoms with Gasteiger partial charge in [0, 0.05) is 72.9 Å². The third kappa shape index (κ3) is 4.96. The predicted molar refractivity (Wildman–Crippen MR) is 199 cm³/mol. The number of aromatic nitrogens is 2. The molecule has 0 saturated heterocycles. The molecule has 0 radical (unpaired) electrons. The summed E-state index contributed by atoms with van der Waals surface area (Å²) in [7, 11) is 3.85. The van der Waals surface area contributed by atoms with E-state index in [9.17, 15) is 29.4 Å². The smallest absolute Gasteiger partial charge is 0.261 e. The van der Waals surface area contributed by atoms with E-state index in [2.05, 4.69) is 10.6 Å². The van der Waals surface area contributed by atoms with Crippen LogP contribution in [0.2, 0.25) is 0 Å². The van der Waals surface area contributed by atoms with Crippen LogP contribution in [0.25, 0.3) is 43.6 Å². The molecule has 4 amide bonds. The van der Waals surface area contributed by atoms with Crippen molar-refractivity contribution >= 4 is 67.2 Å². The fourth-order valence-corrected chi connectivity index (χ4v) is 8.39. The van der Waals surface area contributed by atoms with Gasteiger partial charge in [0.2, 0.25) is 0 Å². The fraction of sp³-hybridized carbons (Fsp3) is 0.300. The van der Waals surface area contributed by atoms with Crippen molar-refractivity contribution in [2.24, 2.45) is 14.1 Å². The van der Waals surface area contributed by atoms with Crippen molar-refractivity contribution in [1.82, 2.24) is 29.6 Å². The van der Waals surface area contributed by atoms with Gasteiger partial charge in [0.15, 0.2) is 0 Å². The SMILES string of the molecule is Cc1c2c(cc3c4cc(O)ccc4n(C)c13)C(=O)N(CCCNCCNCCCN1C(=O)c3cc4c5cc(O)ccc5n(C)c4c(C)c3C1=O)C2=O. The van der Waals surface area contributed by atoms with E-state index in [-0.39, 0.29) is 35.1 Å². The van der Waals surface area contributed by atoms with Crippen LogP contribution in [0.15, 0.2) is 48.5 Å². The zero-order valence-corrected chi connectivity index (χ0v) is 29.6. The summed E-state index contributed by atoms with van der Waals surface area (Å²) in [5.41, 5.74) is 6.82. The van der Waals surface area contributed by atoms with E-state index in [1.54, 1.807) is 36.4 Å². The Balaban J connectivity index is 0.803. The molecule has 0 bridgehead atoms. The molecule has 6 aromatic rings. The van der Waals surface area contributed by atoms with E-state index in [0.29, 0.717) is 74.4 Å². The van der Waals surface area contributed by atoms with E-state index in [4.69, 9.17) is 0 Å². The van der Waals surface area contributed by atoms with E-state index in [0.717, 1.165) is 54.7 Å². The molecule has 0 atom stereocenters. The van der Waals surface area contributed by atoms with Crippen LogP contribution in [0.4, 0.5) is 0 Å². The summed E-state index contributed by atoms with van der Waals surface area (Å²) < 4.78 is 4.00. The molecule has 8 rings (SSSR count). The number of carbonyl (C=O) groups is 4. The van der Waals surface area contributed by atoms with Crippen molar-refractivity contribution in [2.75, 3.05) is 39.3 Å². The molecule has 2 aliphatic rings. The third-order valence-corrected chi connectivity index (χ3v) is 10.8. The van der Waals surface area contributed by atoms with Gasteiger partial charge in [0.05, 0.1) is 33.3 Å². The average molecular weight is 701 g/mol. The zero-order valence-electron chi connectivity index (χ0n) is 29.6. The van der Waals surface area contributed by atoms with Crippen LogP contribution in [0.5, 0.6) is 11.5 Å². The number of phenolic OH excluding ortho intramolecular Hbond substituents is 2. The van der Waals surface area contributed by atoms with Crippen molar-refractivity contribution in [3.63, 3.8) is 0 Å². The van der Waals surface area contributed by atoms with Crippen LogP contribution in [-0.4, -0.2) is 92.0 Å². The highest BCUT2D eigenvalue weighted by Gasteiger charge is 2.39. The second-order valence-electron chi connectivity index (χ2n) is 13.9. The lowest BCUT2D eigenvalue weighted by molar-refractivity contribution is 0.0636. The molecular weight excluding hydrogens is 660 g/mol. The van der Waals surface area contributed by atoms with E-state index in [1.807, 2.05) is 49.2 Å². The van der Waals surface area contributed by atoms with Gasteiger partial charge >= 0.3 is 0 Å². The maximum absolute atomic E-state index is 13.4. The van der Waals surface area contributed by atoms with Crippen LogP contribution >= 0.6 is 0 Å². The maximum Gasteiger partial charge on any atom is 0.261 e. The van der Waals surface area contributed by atoms with Crippen LogP contribution in [0, 0.1) is 13.8 Å². The molecule has 4 aromatic carbocycles. The van der Waals surface area contributed by atoms with Crippen molar-refractivity contribution in [2.45, 2.75) is 26.7 Å². The number of aryl methyl sites for hydroxylation is 4. The molecule has 0 aliphatic carbocycles. The molecule has 2 aromatic heterocycles. The van der Waals surface area contributed by atoms with Gasteiger partial charge in [-0.2, -0.15) is 0 Å². The van der Waals surface area contributed by atoms with Gasteiger partial charge in [-0.15, -0.1) is 0 Å². The molecule has 0 unspecified atom stereocenters. The van der Waals surface area contributed by atoms with E-state index in [1.165, 1.54) is 9.80 Å². The molecule has 4 N–H and O–H groups in total. The Kier molecular flexibility index (Phi) is 8.03. The summed E-state index contributed by atoms with van der Waals surface area (Å²) in [6.45, 7) is 6.95. The highest BCUT2D eigenvalue weighted by Crippen LogP contribution is 2.39. The number of hydrogen-bond acceptors (Lipinski definition) is 8. The Morgan fingerprint density at radius 1 is 0.538 bits per heavy atom. The molecule has 0 spiro atoms. The minimum Gasteiger partial charge on any atom is -0.508 e. The van der Waals surface area contributed by atoms with Gasteiger partial charge in [0.1, 0.15) is 11.5 Å². The first-order chi connectivity index (χ1) is 25.0. The lowest BCUT2D eigenvalue weighted by atomic mass is 9.99. The number of rotatable bonds is 11. The van der Waals surface area contributed by atoms with Crippen molar-refractivity contribution in [3.05, 3.63) is 81.9 Å². The molecule has 0 saturated carbocycles. The lowest BCUT2D eigenvalue weighted by Crippen LogP contribution is -2.35. The molecule has 12 nitrogen and oxygen atoms in total. The average Bonchev–Trinajstić information content (AvgIpc) is 3.73. The number of phenols is 2.